The third-order valence-corrected chi connectivity index (χ3v) is 7.63. The van der Waals surface area contributed by atoms with E-state index in [0.29, 0.717) is 5.78 Å². The van der Waals surface area contributed by atoms with Crippen LogP contribution in [0.1, 0.15) is 7.65 Å². The SMILES string of the molecule is O=c1c2nc(Br)n([C@@H]3O[C@@H]4COP(O)(=S)O[C@H]4[C@H]3O)c2nc2[nH]c(-c3ccccc3)cn12.[H-].[Na+]. The van der Waals surface area contributed by atoms with Gasteiger partial charge in [-0.3, -0.25) is 13.9 Å². The third-order valence-electron chi connectivity index (χ3n) is 5.51. The summed E-state index contributed by atoms with van der Waals surface area (Å²) in [5.41, 5.74) is 1.56. The Morgan fingerprint density at radius 3 is 2.82 bits per heavy atom. The summed E-state index contributed by atoms with van der Waals surface area (Å²) in [5, 5.41) is 10.9. The van der Waals surface area contributed by atoms with Crippen LogP contribution in [-0.2, 0) is 25.6 Å². The molecular formula is C18H16BrN5NaO6PS. The molecule has 2 saturated heterocycles. The number of H-pyrrole nitrogens is 1. The Balaban J connectivity index is 0.00000137. The van der Waals surface area contributed by atoms with Gasteiger partial charge in [-0.2, -0.15) is 4.98 Å². The predicted octanol–water partition coefficient (Wildman–Crippen LogP) is -1.19. The van der Waals surface area contributed by atoms with Crippen LogP contribution in [0.4, 0.5) is 0 Å². The smallest absolute Gasteiger partial charge is 1.00 e. The summed E-state index contributed by atoms with van der Waals surface area (Å²) in [6.07, 6.45) is -2.05. The largest absolute Gasteiger partial charge is 1.00 e. The molecule has 1 unspecified atom stereocenters. The number of imidazole rings is 2. The molecule has 0 spiro atoms. The number of nitrogens with zero attached hydrogens (tertiary/aromatic N) is 4. The number of hydrogen-bond acceptors (Lipinski definition) is 8. The van der Waals surface area contributed by atoms with E-state index < -0.39 is 31.3 Å². The van der Waals surface area contributed by atoms with E-state index in [2.05, 4.69) is 30.9 Å². The van der Waals surface area contributed by atoms with Crippen LogP contribution < -0.4 is 35.1 Å². The van der Waals surface area contributed by atoms with Crippen molar-refractivity contribution in [3.05, 3.63) is 51.6 Å². The van der Waals surface area contributed by atoms with Crippen molar-refractivity contribution in [3.8, 4) is 11.3 Å². The van der Waals surface area contributed by atoms with E-state index in [0.717, 1.165) is 11.3 Å². The average Bonchev–Trinajstić information content (AvgIpc) is 3.43. The second-order valence-electron chi connectivity index (χ2n) is 7.46. The maximum absolute atomic E-state index is 13.1. The number of aliphatic hydroxyl groups excluding tert-OH is 1. The Bertz CT molecular complexity index is 1480. The molecule has 6 rings (SSSR count). The topological polar surface area (TPSA) is 136 Å². The van der Waals surface area contributed by atoms with Crippen molar-refractivity contribution < 1.29 is 54.8 Å². The zero-order chi connectivity index (χ0) is 22.2. The summed E-state index contributed by atoms with van der Waals surface area (Å²) in [4.78, 5) is 35.2. The maximum Gasteiger partial charge on any atom is 1.00 e. The molecule has 2 fully saturated rings. The molecule has 33 heavy (non-hydrogen) atoms. The van der Waals surface area contributed by atoms with Crippen LogP contribution in [-0.4, -0.2) is 58.8 Å². The molecule has 0 saturated carbocycles. The van der Waals surface area contributed by atoms with Crippen LogP contribution in [0.25, 0.3) is 28.2 Å². The van der Waals surface area contributed by atoms with Crippen molar-refractivity contribution >= 4 is 51.4 Å². The molecule has 5 heterocycles. The van der Waals surface area contributed by atoms with Crippen LogP contribution in [0.3, 0.4) is 0 Å². The average molecular weight is 564 g/mol. The Labute approximate surface area is 222 Å². The quantitative estimate of drug-likeness (QED) is 0.156. The molecule has 5 atom stereocenters. The van der Waals surface area contributed by atoms with Crippen molar-refractivity contribution in [1.82, 2.24) is 23.9 Å². The number of rotatable bonds is 2. The number of fused-ring (bicyclic) bond motifs is 3. The summed E-state index contributed by atoms with van der Waals surface area (Å²) in [6, 6.07) is 9.54. The number of aromatic amines is 1. The fraction of sp³-hybridized carbons (Fsp3) is 0.278. The van der Waals surface area contributed by atoms with Gasteiger partial charge in [0.05, 0.1) is 12.3 Å². The van der Waals surface area contributed by atoms with E-state index in [-0.39, 0.29) is 59.0 Å². The molecular weight excluding hydrogens is 548 g/mol. The second kappa shape index (κ2) is 8.61. The molecule has 2 aliphatic heterocycles. The zero-order valence-corrected chi connectivity index (χ0v) is 22.3. The summed E-state index contributed by atoms with van der Waals surface area (Å²) < 4.78 is 19.6. The van der Waals surface area contributed by atoms with E-state index in [1.54, 1.807) is 6.20 Å². The molecule has 1 aromatic carbocycles. The van der Waals surface area contributed by atoms with E-state index >= 15 is 0 Å². The Kier molecular flexibility index (Phi) is 6.20. The van der Waals surface area contributed by atoms with Crippen LogP contribution >= 0.6 is 22.6 Å². The molecule has 0 bridgehead atoms. The van der Waals surface area contributed by atoms with Crippen molar-refractivity contribution in [2.24, 2.45) is 0 Å². The Morgan fingerprint density at radius 2 is 2.06 bits per heavy atom. The molecule has 11 nitrogen and oxygen atoms in total. The van der Waals surface area contributed by atoms with Gasteiger partial charge in [0.1, 0.15) is 18.3 Å². The van der Waals surface area contributed by atoms with E-state index in [4.69, 9.17) is 25.6 Å². The van der Waals surface area contributed by atoms with Crippen LogP contribution in [0, 0.1) is 0 Å². The number of aliphatic hydroxyl groups is 1. The van der Waals surface area contributed by atoms with Gasteiger partial charge in [0, 0.05) is 6.20 Å². The molecule has 0 amide bonds. The molecule has 4 aromatic rings. The fourth-order valence-corrected chi connectivity index (χ4v) is 6.03. The van der Waals surface area contributed by atoms with E-state index in [1.165, 1.54) is 8.97 Å². The minimum absolute atomic E-state index is 0. The monoisotopic (exact) mass is 563 g/mol. The number of halogens is 1. The number of aromatic nitrogens is 5. The summed E-state index contributed by atoms with van der Waals surface area (Å²) in [7, 11) is 0. The minimum Gasteiger partial charge on any atom is -1.00 e. The van der Waals surface area contributed by atoms with E-state index in [1.807, 2.05) is 30.3 Å². The van der Waals surface area contributed by atoms with Gasteiger partial charge in [0.15, 0.2) is 22.1 Å². The van der Waals surface area contributed by atoms with Gasteiger partial charge in [-0.25, -0.2) is 9.38 Å². The molecule has 2 aliphatic rings. The standard InChI is InChI=1S/C18H15BrN5O6PS.Na.H/c19-17-21-11-14(24(17)16-12(25)13-10(29-16)7-28-31(27,32)30-13)22-18-20-9(6-23(18)15(11)26)8-4-2-1-3-5-8;;/h1-6,10,12-13,16,25H,7H2,(H,20,22)(H,27,32);;/q;+1;-1/t10-,12-,13-,16-,31?;;/m1../s1. The summed E-state index contributed by atoms with van der Waals surface area (Å²) >= 11 is 8.24. The van der Waals surface area contributed by atoms with Gasteiger partial charge in [-0.15, -0.1) is 0 Å². The first-order valence-electron chi connectivity index (χ1n) is 9.56. The van der Waals surface area contributed by atoms with Gasteiger partial charge in [-0.1, -0.05) is 30.3 Å². The van der Waals surface area contributed by atoms with Crippen LogP contribution in [0.15, 0.2) is 46.1 Å². The van der Waals surface area contributed by atoms with Crippen LogP contribution in [0.2, 0.25) is 0 Å². The minimum atomic E-state index is -3.44. The van der Waals surface area contributed by atoms with E-state index in [9.17, 15) is 14.8 Å². The molecule has 3 N–H and O–H groups in total. The van der Waals surface area contributed by atoms with Gasteiger partial charge in [-0.05, 0) is 33.3 Å². The first-order valence-corrected chi connectivity index (χ1v) is 12.9. The maximum atomic E-state index is 13.1. The third kappa shape index (κ3) is 3.89. The normalized spacial score (nSPS) is 29.3. The molecule has 0 radical (unpaired) electrons. The number of nitrogens with one attached hydrogen (secondary N) is 1. The number of ether oxygens (including phenoxy) is 1. The van der Waals surface area contributed by atoms with Gasteiger partial charge >= 0.3 is 36.3 Å². The number of hydrogen-bond donors (Lipinski definition) is 3. The second-order valence-corrected chi connectivity index (χ2v) is 11.0. The summed E-state index contributed by atoms with van der Waals surface area (Å²) in [5.74, 6) is 0.311. The first-order chi connectivity index (χ1) is 15.3. The first kappa shape index (κ1) is 23.8. The van der Waals surface area contributed by atoms with Gasteiger partial charge in [0.25, 0.3) is 5.56 Å². The predicted molar refractivity (Wildman–Crippen MR) is 121 cm³/mol. The Hall–Kier alpha value is -0.960. The molecule has 15 heteroatoms. The summed E-state index contributed by atoms with van der Waals surface area (Å²) in [6.45, 7) is -3.46. The molecule has 168 valence electrons. The van der Waals surface area contributed by atoms with Crippen molar-refractivity contribution in [2.75, 3.05) is 6.61 Å². The zero-order valence-electron chi connectivity index (χ0n) is 18.0. The molecule has 0 aliphatic carbocycles. The fourth-order valence-electron chi connectivity index (χ4n) is 4.04. The van der Waals surface area contributed by atoms with Crippen molar-refractivity contribution in [3.63, 3.8) is 0 Å². The van der Waals surface area contributed by atoms with Gasteiger partial charge in [0.2, 0.25) is 5.78 Å². The van der Waals surface area contributed by atoms with Crippen molar-refractivity contribution in [2.45, 2.75) is 24.5 Å². The number of benzene rings is 1. The van der Waals surface area contributed by atoms with Crippen LogP contribution in [0.5, 0.6) is 0 Å². The Morgan fingerprint density at radius 1 is 1.30 bits per heavy atom. The molecule has 3 aromatic heterocycles. The van der Waals surface area contributed by atoms with Gasteiger partial charge < -0.3 is 25.7 Å². The van der Waals surface area contributed by atoms with Crippen molar-refractivity contribution in [1.29, 1.82) is 0 Å².